The van der Waals surface area contributed by atoms with Gasteiger partial charge in [-0.05, 0) is 35.4 Å². The van der Waals surface area contributed by atoms with Crippen molar-refractivity contribution < 1.29 is 13.6 Å². The Labute approximate surface area is 111 Å². The number of carbonyl (C=O) groups excluding carboxylic acids is 1. The van der Waals surface area contributed by atoms with Gasteiger partial charge in [0.2, 0.25) is 5.22 Å². The van der Waals surface area contributed by atoms with Crippen molar-refractivity contribution in [2.24, 2.45) is 0 Å². The third-order valence-electron chi connectivity index (χ3n) is 2.28. The standard InChI is InChI=1S/C12H7BrClFO2/c13-10-6-8(15)2-1-7(10)5-11(16)9-3-4-17-12(9)14/h1-4,6H,5H2. The molecule has 0 saturated heterocycles. The zero-order chi connectivity index (χ0) is 12.4. The number of hydrogen-bond donors (Lipinski definition) is 0. The molecule has 0 aliphatic rings. The van der Waals surface area contributed by atoms with Gasteiger partial charge in [0.25, 0.3) is 0 Å². The fraction of sp³-hybridized carbons (Fsp3) is 0.0833. The largest absolute Gasteiger partial charge is 0.452 e. The maximum atomic E-state index is 12.9. The molecule has 0 atom stereocenters. The minimum atomic E-state index is -0.352. The van der Waals surface area contributed by atoms with Gasteiger partial charge in [0.1, 0.15) is 5.82 Å². The number of ketones is 1. The molecular weight excluding hydrogens is 310 g/mol. The molecule has 0 amide bonds. The molecule has 1 heterocycles. The summed E-state index contributed by atoms with van der Waals surface area (Å²) in [6.45, 7) is 0. The molecule has 0 N–H and O–H groups in total. The molecule has 88 valence electrons. The summed E-state index contributed by atoms with van der Waals surface area (Å²) >= 11 is 8.92. The SMILES string of the molecule is O=C(Cc1ccc(F)cc1Br)c1ccoc1Cl. The van der Waals surface area contributed by atoms with E-state index in [1.54, 1.807) is 6.07 Å². The Kier molecular flexibility index (Phi) is 3.64. The molecule has 0 aliphatic heterocycles. The van der Waals surface area contributed by atoms with Gasteiger partial charge in [0, 0.05) is 10.9 Å². The molecule has 17 heavy (non-hydrogen) atoms. The first-order valence-electron chi connectivity index (χ1n) is 4.78. The predicted molar refractivity (Wildman–Crippen MR) is 65.9 cm³/mol. The van der Waals surface area contributed by atoms with Crippen LogP contribution in [0.1, 0.15) is 15.9 Å². The lowest BCUT2D eigenvalue weighted by Crippen LogP contribution is -2.03. The van der Waals surface area contributed by atoms with Crippen molar-refractivity contribution >= 4 is 33.3 Å². The van der Waals surface area contributed by atoms with Gasteiger partial charge >= 0.3 is 0 Å². The summed E-state index contributed by atoms with van der Waals surface area (Å²) in [4.78, 5) is 11.9. The van der Waals surface area contributed by atoms with Gasteiger partial charge in [-0.25, -0.2) is 4.39 Å². The highest BCUT2D eigenvalue weighted by molar-refractivity contribution is 9.10. The van der Waals surface area contributed by atoms with Crippen LogP contribution < -0.4 is 0 Å². The highest BCUT2D eigenvalue weighted by atomic mass is 79.9. The average Bonchev–Trinajstić information content (AvgIpc) is 2.68. The predicted octanol–water partition coefficient (Wildman–Crippen LogP) is 4.26. The lowest BCUT2D eigenvalue weighted by atomic mass is 10.1. The van der Waals surface area contributed by atoms with E-state index in [1.165, 1.54) is 24.5 Å². The topological polar surface area (TPSA) is 30.2 Å². The Morgan fingerprint density at radius 1 is 1.41 bits per heavy atom. The minimum Gasteiger partial charge on any atom is -0.452 e. The Balaban J connectivity index is 2.22. The summed E-state index contributed by atoms with van der Waals surface area (Å²) < 4.78 is 18.3. The molecule has 0 aliphatic carbocycles. The molecule has 1 aromatic heterocycles. The fourth-order valence-electron chi connectivity index (χ4n) is 1.43. The van der Waals surface area contributed by atoms with E-state index >= 15 is 0 Å². The van der Waals surface area contributed by atoms with Crippen molar-refractivity contribution in [2.75, 3.05) is 0 Å². The maximum Gasteiger partial charge on any atom is 0.203 e. The van der Waals surface area contributed by atoms with E-state index < -0.39 is 0 Å². The van der Waals surface area contributed by atoms with Crippen LogP contribution in [0.4, 0.5) is 4.39 Å². The Morgan fingerprint density at radius 2 is 2.18 bits per heavy atom. The second-order valence-corrected chi connectivity index (χ2v) is 4.64. The minimum absolute atomic E-state index is 0.0771. The van der Waals surface area contributed by atoms with Gasteiger partial charge in [-0.2, -0.15) is 0 Å². The van der Waals surface area contributed by atoms with Crippen molar-refractivity contribution in [3.05, 3.63) is 57.2 Å². The number of hydrogen-bond acceptors (Lipinski definition) is 2. The second-order valence-electron chi connectivity index (χ2n) is 3.44. The highest BCUT2D eigenvalue weighted by Gasteiger charge is 2.15. The fourth-order valence-corrected chi connectivity index (χ4v) is 2.14. The van der Waals surface area contributed by atoms with Crippen LogP contribution in [0.15, 0.2) is 39.4 Å². The third-order valence-corrected chi connectivity index (χ3v) is 3.32. The average molecular weight is 318 g/mol. The molecule has 0 fully saturated rings. The van der Waals surface area contributed by atoms with Crippen LogP contribution in [0.25, 0.3) is 0 Å². The summed E-state index contributed by atoms with van der Waals surface area (Å²) in [5, 5.41) is 0.0771. The van der Waals surface area contributed by atoms with Gasteiger partial charge in [-0.15, -0.1) is 0 Å². The molecule has 2 rings (SSSR count). The first kappa shape index (κ1) is 12.3. The van der Waals surface area contributed by atoms with Gasteiger partial charge in [-0.1, -0.05) is 22.0 Å². The lowest BCUT2D eigenvalue weighted by molar-refractivity contribution is 0.0992. The van der Waals surface area contributed by atoms with Gasteiger partial charge < -0.3 is 4.42 Å². The molecule has 0 bridgehead atoms. The van der Waals surface area contributed by atoms with E-state index in [4.69, 9.17) is 16.0 Å². The van der Waals surface area contributed by atoms with E-state index in [2.05, 4.69) is 15.9 Å². The van der Waals surface area contributed by atoms with Crippen LogP contribution in [-0.2, 0) is 6.42 Å². The van der Waals surface area contributed by atoms with E-state index in [9.17, 15) is 9.18 Å². The summed E-state index contributed by atoms with van der Waals surface area (Å²) in [6, 6.07) is 5.71. The first-order chi connectivity index (χ1) is 8.08. The molecule has 2 nitrogen and oxygen atoms in total. The molecule has 1 aromatic carbocycles. The number of furan rings is 1. The van der Waals surface area contributed by atoms with Crippen LogP contribution in [0.3, 0.4) is 0 Å². The molecule has 0 saturated carbocycles. The smallest absolute Gasteiger partial charge is 0.203 e. The van der Waals surface area contributed by atoms with Crippen molar-refractivity contribution in [3.63, 3.8) is 0 Å². The van der Waals surface area contributed by atoms with Crippen LogP contribution in [0.5, 0.6) is 0 Å². The van der Waals surface area contributed by atoms with E-state index in [-0.39, 0.29) is 23.2 Å². The van der Waals surface area contributed by atoms with Gasteiger partial charge in [-0.3, -0.25) is 4.79 Å². The van der Waals surface area contributed by atoms with Crippen molar-refractivity contribution in [2.45, 2.75) is 6.42 Å². The number of Topliss-reactive ketones (excluding diaryl/α,β-unsaturated/α-hetero) is 1. The molecule has 0 spiro atoms. The van der Waals surface area contributed by atoms with Crippen LogP contribution >= 0.6 is 27.5 Å². The summed E-state index contributed by atoms with van der Waals surface area (Å²) in [7, 11) is 0. The van der Waals surface area contributed by atoms with Crippen LogP contribution in [0, 0.1) is 5.82 Å². The lowest BCUT2D eigenvalue weighted by Gasteiger charge is -2.03. The first-order valence-corrected chi connectivity index (χ1v) is 5.95. The summed E-state index contributed by atoms with van der Waals surface area (Å²) in [5.74, 6) is -0.523. The Bertz CT molecular complexity index is 565. The monoisotopic (exact) mass is 316 g/mol. The molecule has 5 heteroatoms. The third kappa shape index (κ3) is 2.76. The van der Waals surface area contributed by atoms with E-state index in [1.807, 2.05) is 0 Å². The highest BCUT2D eigenvalue weighted by Crippen LogP contribution is 2.23. The Hall–Kier alpha value is -1.13. The maximum absolute atomic E-state index is 12.9. The van der Waals surface area contributed by atoms with E-state index in [0.717, 1.165) is 0 Å². The zero-order valence-corrected chi connectivity index (χ0v) is 10.9. The quantitative estimate of drug-likeness (QED) is 0.792. The molecule has 2 aromatic rings. The van der Waals surface area contributed by atoms with Crippen molar-refractivity contribution in [3.8, 4) is 0 Å². The normalized spacial score (nSPS) is 10.5. The summed E-state index contributed by atoms with van der Waals surface area (Å²) in [6.07, 6.45) is 1.50. The molecule has 0 radical (unpaired) electrons. The number of benzene rings is 1. The molecule has 0 unspecified atom stereocenters. The zero-order valence-electron chi connectivity index (χ0n) is 8.54. The summed E-state index contributed by atoms with van der Waals surface area (Å²) in [5.41, 5.74) is 1.04. The number of rotatable bonds is 3. The molecular formula is C12H7BrClFO2. The van der Waals surface area contributed by atoms with Gasteiger partial charge in [0.15, 0.2) is 5.78 Å². The second kappa shape index (κ2) is 5.02. The number of carbonyl (C=O) groups is 1. The number of halogens is 3. The van der Waals surface area contributed by atoms with Gasteiger partial charge in [0.05, 0.1) is 11.8 Å². The van der Waals surface area contributed by atoms with E-state index in [0.29, 0.717) is 15.6 Å². The van der Waals surface area contributed by atoms with Crippen LogP contribution in [0.2, 0.25) is 5.22 Å². The van der Waals surface area contributed by atoms with Crippen molar-refractivity contribution in [1.82, 2.24) is 0 Å². The van der Waals surface area contributed by atoms with Crippen LogP contribution in [-0.4, -0.2) is 5.78 Å². The van der Waals surface area contributed by atoms with Crippen molar-refractivity contribution in [1.29, 1.82) is 0 Å². The Morgan fingerprint density at radius 3 is 2.76 bits per heavy atom.